The van der Waals surface area contributed by atoms with Crippen molar-refractivity contribution in [1.82, 2.24) is 0 Å². The van der Waals surface area contributed by atoms with Crippen molar-refractivity contribution in [3.63, 3.8) is 0 Å². The van der Waals surface area contributed by atoms with Gasteiger partial charge >= 0.3 is 0 Å². The molecule has 2 nitrogen and oxygen atoms in total. The van der Waals surface area contributed by atoms with Gasteiger partial charge in [0, 0.05) is 0 Å². The fourth-order valence-corrected chi connectivity index (χ4v) is 2.20. The van der Waals surface area contributed by atoms with Crippen LogP contribution in [0.15, 0.2) is 53.4 Å². The average molecular weight is 267 g/mol. The zero-order valence-corrected chi connectivity index (χ0v) is 10.8. The molecule has 1 atom stereocenters. The van der Waals surface area contributed by atoms with Crippen molar-refractivity contribution in [2.45, 2.75) is 4.90 Å². The molecule has 0 aliphatic carbocycles. The summed E-state index contributed by atoms with van der Waals surface area (Å²) in [7, 11) is 5.69. The van der Waals surface area contributed by atoms with Gasteiger partial charge < -0.3 is 4.74 Å². The Morgan fingerprint density at radius 1 is 0.941 bits per heavy atom. The molecule has 0 aliphatic rings. The zero-order valence-electron chi connectivity index (χ0n) is 9.22. The summed E-state index contributed by atoms with van der Waals surface area (Å²) in [6.45, 7) is 0. The van der Waals surface area contributed by atoms with Crippen LogP contribution in [0, 0.1) is 0 Å². The molecule has 0 fully saturated rings. The molecule has 2 aromatic rings. The third-order valence-corrected chi connectivity index (χ3v) is 3.64. The van der Waals surface area contributed by atoms with Crippen molar-refractivity contribution in [3.05, 3.63) is 48.5 Å². The van der Waals surface area contributed by atoms with E-state index in [1.165, 1.54) is 0 Å². The molecule has 0 saturated carbocycles. The van der Waals surface area contributed by atoms with Crippen molar-refractivity contribution >= 4 is 20.7 Å². The fourth-order valence-electron chi connectivity index (χ4n) is 1.54. The standard InChI is InChI=1S/C13H11ClO2S/c1-16-12-6-2-10(3-7-12)11-4-8-13(9-5-11)17(14)15/h2-9H,1H3. The van der Waals surface area contributed by atoms with Gasteiger partial charge in [-0.05, 0) is 46.1 Å². The van der Waals surface area contributed by atoms with Crippen molar-refractivity contribution in [1.29, 1.82) is 0 Å². The van der Waals surface area contributed by atoms with Crippen LogP contribution >= 0.6 is 10.7 Å². The summed E-state index contributed by atoms with van der Waals surface area (Å²) in [6, 6.07) is 15.1. The molecule has 0 N–H and O–H groups in total. The second-order valence-electron chi connectivity index (χ2n) is 3.48. The molecule has 0 radical (unpaired) electrons. The average Bonchev–Trinajstić information content (AvgIpc) is 2.39. The highest BCUT2D eigenvalue weighted by atomic mass is 35.7. The topological polar surface area (TPSA) is 26.3 Å². The van der Waals surface area contributed by atoms with E-state index in [2.05, 4.69) is 0 Å². The minimum atomic E-state index is -1.45. The fraction of sp³-hybridized carbons (Fsp3) is 0.0769. The van der Waals surface area contributed by atoms with Gasteiger partial charge in [-0.3, -0.25) is 0 Å². The smallest absolute Gasteiger partial charge is 0.147 e. The van der Waals surface area contributed by atoms with E-state index >= 15 is 0 Å². The maximum Gasteiger partial charge on any atom is 0.147 e. The summed E-state index contributed by atoms with van der Waals surface area (Å²) >= 11 is 0. The first-order chi connectivity index (χ1) is 8.20. The number of hydrogen-bond acceptors (Lipinski definition) is 2. The molecule has 1 unspecified atom stereocenters. The number of hydrogen-bond donors (Lipinski definition) is 0. The Morgan fingerprint density at radius 2 is 1.41 bits per heavy atom. The van der Waals surface area contributed by atoms with Gasteiger partial charge in [0.2, 0.25) is 0 Å². The summed E-state index contributed by atoms with van der Waals surface area (Å²) in [5.41, 5.74) is 2.14. The van der Waals surface area contributed by atoms with Gasteiger partial charge in [-0.25, -0.2) is 4.21 Å². The molecule has 0 aliphatic heterocycles. The highest BCUT2D eigenvalue weighted by molar-refractivity contribution is 8.08. The molecule has 4 heteroatoms. The van der Waals surface area contributed by atoms with Crippen LogP contribution in [-0.2, 0) is 10.0 Å². The molecule has 2 rings (SSSR count). The first-order valence-corrected chi connectivity index (χ1v) is 7.01. The highest BCUT2D eigenvalue weighted by Gasteiger charge is 2.01. The van der Waals surface area contributed by atoms with E-state index in [1.807, 2.05) is 36.4 Å². The molecular formula is C13H11ClO2S. The lowest BCUT2D eigenvalue weighted by molar-refractivity contribution is 0.415. The van der Waals surface area contributed by atoms with Crippen LogP contribution in [0.2, 0.25) is 0 Å². The van der Waals surface area contributed by atoms with Gasteiger partial charge in [0.1, 0.15) is 15.8 Å². The number of methoxy groups -OCH3 is 1. The quantitative estimate of drug-likeness (QED) is 0.793. The normalized spacial score (nSPS) is 12.1. The van der Waals surface area contributed by atoms with Gasteiger partial charge in [0.05, 0.1) is 12.0 Å². The Hall–Kier alpha value is -1.32. The Balaban J connectivity index is 2.29. The first kappa shape index (κ1) is 12.1. The van der Waals surface area contributed by atoms with Crippen molar-refractivity contribution in [2.75, 3.05) is 7.11 Å². The third-order valence-electron chi connectivity index (χ3n) is 2.46. The van der Waals surface area contributed by atoms with Crippen LogP contribution in [0.25, 0.3) is 11.1 Å². The summed E-state index contributed by atoms with van der Waals surface area (Å²) in [5, 5.41) is 0. The molecule has 0 heterocycles. The van der Waals surface area contributed by atoms with Crippen molar-refractivity contribution < 1.29 is 8.95 Å². The van der Waals surface area contributed by atoms with Gasteiger partial charge in [0.15, 0.2) is 0 Å². The second-order valence-corrected chi connectivity index (χ2v) is 5.24. The molecule has 0 bridgehead atoms. The van der Waals surface area contributed by atoms with E-state index in [0.717, 1.165) is 16.9 Å². The van der Waals surface area contributed by atoms with E-state index in [9.17, 15) is 4.21 Å². The van der Waals surface area contributed by atoms with Crippen LogP contribution in [-0.4, -0.2) is 11.3 Å². The van der Waals surface area contributed by atoms with Crippen LogP contribution in [0.1, 0.15) is 0 Å². The Kier molecular flexibility index (Phi) is 3.82. The summed E-state index contributed by atoms with van der Waals surface area (Å²) in [4.78, 5) is 0.615. The monoisotopic (exact) mass is 266 g/mol. The molecule has 0 spiro atoms. The Labute approximate surface area is 107 Å². The van der Waals surface area contributed by atoms with Gasteiger partial charge in [-0.15, -0.1) is 0 Å². The summed E-state index contributed by atoms with van der Waals surface area (Å²) in [6.07, 6.45) is 0. The van der Waals surface area contributed by atoms with Gasteiger partial charge in [-0.1, -0.05) is 24.3 Å². The first-order valence-electron chi connectivity index (χ1n) is 5.03. The Bertz CT molecular complexity index is 520. The second kappa shape index (κ2) is 5.34. The number of benzene rings is 2. The maximum absolute atomic E-state index is 11.0. The lowest BCUT2D eigenvalue weighted by Gasteiger charge is -2.04. The summed E-state index contributed by atoms with van der Waals surface area (Å²) in [5.74, 6) is 0.826. The minimum absolute atomic E-state index is 0.615. The van der Waals surface area contributed by atoms with Crippen molar-refractivity contribution in [3.8, 4) is 16.9 Å². The predicted octanol–water partition coefficient (Wildman–Crippen LogP) is 3.62. The molecule has 0 aromatic heterocycles. The number of halogens is 1. The van der Waals surface area contributed by atoms with Crippen LogP contribution in [0.5, 0.6) is 5.75 Å². The predicted molar refractivity (Wildman–Crippen MR) is 70.7 cm³/mol. The van der Waals surface area contributed by atoms with Crippen LogP contribution in [0.4, 0.5) is 0 Å². The van der Waals surface area contributed by atoms with E-state index in [0.29, 0.717) is 4.90 Å². The lowest BCUT2D eigenvalue weighted by atomic mass is 10.1. The van der Waals surface area contributed by atoms with E-state index in [1.54, 1.807) is 19.2 Å². The minimum Gasteiger partial charge on any atom is -0.497 e. The molecular weight excluding hydrogens is 256 g/mol. The van der Waals surface area contributed by atoms with E-state index in [4.69, 9.17) is 15.4 Å². The van der Waals surface area contributed by atoms with Gasteiger partial charge in [-0.2, -0.15) is 0 Å². The highest BCUT2D eigenvalue weighted by Crippen LogP contribution is 2.23. The lowest BCUT2D eigenvalue weighted by Crippen LogP contribution is -1.84. The van der Waals surface area contributed by atoms with E-state index in [-0.39, 0.29) is 0 Å². The molecule has 0 amide bonds. The molecule has 88 valence electrons. The molecule has 17 heavy (non-hydrogen) atoms. The Morgan fingerprint density at radius 3 is 1.82 bits per heavy atom. The van der Waals surface area contributed by atoms with E-state index < -0.39 is 10.0 Å². The summed E-state index contributed by atoms with van der Waals surface area (Å²) < 4.78 is 16.1. The maximum atomic E-state index is 11.0. The van der Waals surface area contributed by atoms with Crippen molar-refractivity contribution in [2.24, 2.45) is 0 Å². The molecule has 2 aromatic carbocycles. The third kappa shape index (κ3) is 2.87. The zero-order chi connectivity index (χ0) is 12.3. The van der Waals surface area contributed by atoms with Gasteiger partial charge in [0.25, 0.3) is 0 Å². The SMILES string of the molecule is COc1ccc(-c2ccc(S(=O)Cl)cc2)cc1. The molecule has 0 saturated heterocycles. The number of ether oxygens (including phenoxy) is 1. The van der Waals surface area contributed by atoms with Crippen LogP contribution < -0.4 is 4.74 Å². The largest absolute Gasteiger partial charge is 0.497 e. The number of rotatable bonds is 3. The van der Waals surface area contributed by atoms with Crippen LogP contribution in [0.3, 0.4) is 0 Å².